The number of pyridine rings is 1. The van der Waals surface area contributed by atoms with Crippen molar-refractivity contribution in [3.05, 3.63) is 42.7 Å². The Labute approximate surface area is 191 Å². The highest BCUT2D eigenvalue weighted by Gasteiger charge is 2.39. The Bertz CT molecular complexity index is 1490. The summed E-state index contributed by atoms with van der Waals surface area (Å²) >= 11 is 0. The van der Waals surface area contributed by atoms with Crippen molar-refractivity contribution < 1.29 is 21.6 Å². The molecule has 10 nitrogen and oxygen atoms in total. The molecule has 5 rings (SSSR count). The van der Waals surface area contributed by atoms with Crippen LogP contribution >= 0.6 is 0 Å². The summed E-state index contributed by atoms with van der Waals surface area (Å²) in [6, 6.07) is 1.27. The number of aryl methyl sites for hydroxylation is 1. The SMILES string of the molecule is Cc1nc2cnc(Nc3ccnc(-c4cnn(S(=O)(=O)C5CC5)c4)n3)cc2n1C(C)C(F)(F)F. The Balaban J connectivity index is 1.44. The van der Waals surface area contributed by atoms with Crippen LogP contribution in [0.5, 0.6) is 0 Å². The molecule has 1 unspecified atom stereocenters. The van der Waals surface area contributed by atoms with Crippen molar-refractivity contribution in [1.29, 1.82) is 0 Å². The minimum atomic E-state index is -4.44. The van der Waals surface area contributed by atoms with Gasteiger partial charge < -0.3 is 9.88 Å². The van der Waals surface area contributed by atoms with Gasteiger partial charge >= 0.3 is 6.18 Å². The summed E-state index contributed by atoms with van der Waals surface area (Å²) in [6.45, 7) is 2.58. The van der Waals surface area contributed by atoms with E-state index in [2.05, 4.69) is 30.4 Å². The normalized spacial score (nSPS) is 15.6. The predicted octanol–water partition coefficient (Wildman–Crippen LogP) is 3.60. The number of rotatable bonds is 6. The molecule has 0 spiro atoms. The third kappa shape index (κ3) is 3.97. The third-order valence-electron chi connectivity index (χ3n) is 5.55. The van der Waals surface area contributed by atoms with E-state index in [0.717, 1.165) is 15.6 Å². The molecule has 0 bridgehead atoms. The van der Waals surface area contributed by atoms with Crippen LogP contribution in [-0.2, 0) is 10.0 Å². The summed E-state index contributed by atoms with van der Waals surface area (Å²) in [4.78, 5) is 16.9. The maximum absolute atomic E-state index is 13.4. The van der Waals surface area contributed by atoms with Gasteiger partial charge in [0.05, 0.1) is 34.9 Å². The summed E-state index contributed by atoms with van der Waals surface area (Å²) in [7, 11) is -3.52. The first-order valence-electron chi connectivity index (χ1n) is 10.3. The molecule has 0 aliphatic heterocycles. The first-order chi connectivity index (χ1) is 16.0. The summed E-state index contributed by atoms with van der Waals surface area (Å²) in [6.07, 6.45) is 2.37. The van der Waals surface area contributed by atoms with Crippen molar-refractivity contribution >= 4 is 32.7 Å². The molecule has 4 aromatic heterocycles. The van der Waals surface area contributed by atoms with E-state index in [1.807, 2.05) is 0 Å². The van der Waals surface area contributed by atoms with Gasteiger partial charge in [-0.2, -0.15) is 22.4 Å². The van der Waals surface area contributed by atoms with E-state index in [4.69, 9.17) is 0 Å². The van der Waals surface area contributed by atoms with Crippen LogP contribution in [0.3, 0.4) is 0 Å². The third-order valence-corrected chi connectivity index (χ3v) is 7.58. The highest BCUT2D eigenvalue weighted by molar-refractivity contribution is 7.90. The Morgan fingerprint density at radius 3 is 2.62 bits per heavy atom. The second-order valence-corrected chi connectivity index (χ2v) is 10.1. The topological polar surface area (TPSA) is 120 Å². The average molecular weight is 492 g/mol. The van der Waals surface area contributed by atoms with Gasteiger partial charge in [-0.25, -0.2) is 28.4 Å². The number of anilines is 2. The number of hydrogen-bond donors (Lipinski definition) is 1. The zero-order chi connectivity index (χ0) is 24.3. The van der Waals surface area contributed by atoms with Crippen molar-refractivity contribution in [2.45, 2.75) is 44.2 Å². The number of nitrogens with zero attached hydrogens (tertiary/aromatic N) is 7. The van der Waals surface area contributed by atoms with Gasteiger partial charge in [-0.15, -0.1) is 0 Å². The maximum atomic E-state index is 13.4. The highest BCUT2D eigenvalue weighted by atomic mass is 32.2. The van der Waals surface area contributed by atoms with Crippen molar-refractivity contribution in [2.75, 3.05) is 5.32 Å². The fourth-order valence-corrected chi connectivity index (χ4v) is 5.08. The van der Waals surface area contributed by atoms with Crippen molar-refractivity contribution in [3.8, 4) is 11.4 Å². The molecule has 1 aliphatic carbocycles. The molecule has 0 aromatic carbocycles. The van der Waals surface area contributed by atoms with Crippen LogP contribution in [0.2, 0.25) is 0 Å². The zero-order valence-corrected chi connectivity index (χ0v) is 18.8. The van der Waals surface area contributed by atoms with Crippen LogP contribution in [0.4, 0.5) is 24.8 Å². The molecule has 1 fully saturated rings. The molecule has 34 heavy (non-hydrogen) atoms. The molecule has 1 saturated carbocycles. The summed E-state index contributed by atoms with van der Waals surface area (Å²) < 4.78 is 66.8. The van der Waals surface area contributed by atoms with Gasteiger partial charge in [0, 0.05) is 12.3 Å². The quantitative estimate of drug-likeness (QED) is 0.434. The molecule has 1 aliphatic rings. The van der Waals surface area contributed by atoms with Crippen molar-refractivity contribution in [1.82, 2.24) is 33.7 Å². The Hall–Kier alpha value is -3.55. The van der Waals surface area contributed by atoms with Gasteiger partial charge in [0.2, 0.25) is 0 Å². The second kappa shape index (κ2) is 7.75. The molecule has 4 aromatic rings. The first kappa shape index (κ1) is 22.3. The lowest BCUT2D eigenvalue weighted by Crippen LogP contribution is -2.24. The van der Waals surface area contributed by atoms with E-state index in [0.29, 0.717) is 29.7 Å². The Kier molecular flexibility index (Phi) is 5.07. The molecule has 1 N–H and O–H groups in total. The van der Waals surface area contributed by atoms with Gasteiger partial charge in [-0.3, -0.25) is 0 Å². The number of halogens is 3. The number of alkyl halides is 3. The molecule has 14 heteroatoms. The molecular weight excluding hydrogens is 473 g/mol. The van der Waals surface area contributed by atoms with E-state index in [1.165, 1.54) is 37.8 Å². The maximum Gasteiger partial charge on any atom is 0.408 e. The number of aromatic nitrogens is 7. The lowest BCUT2D eigenvalue weighted by molar-refractivity contribution is -0.162. The highest BCUT2D eigenvalue weighted by Crippen LogP contribution is 2.34. The van der Waals surface area contributed by atoms with Crippen LogP contribution in [0.1, 0.15) is 31.6 Å². The van der Waals surface area contributed by atoms with Crippen LogP contribution in [0.25, 0.3) is 22.4 Å². The number of fused-ring (bicyclic) bond motifs is 1. The zero-order valence-electron chi connectivity index (χ0n) is 18.0. The van der Waals surface area contributed by atoms with E-state index >= 15 is 0 Å². The largest absolute Gasteiger partial charge is 0.408 e. The van der Waals surface area contributed by atoms with Crippen LogP contribution < -0.4 is 5.32 Å². The van der Waals surface area contributed by atoms with Crippen LogP contribution in [0.15, 0.2) is 36.9 Å². The Morgan fingerprint density at radius 1 is 1.15 bits per heavy atom. The van der Waals surface area contributed by atoms with E-state index in [1.54, 1.807) is 6.07 Å². The van der Waals surface area contributed by atoms with Crippen LogP contribution in [-0.4, -0.2) is 53.5 Å². The smallest absolute Gasteiger partial charge is 0.325 e. The monoisotopic (exact) mass is 492 g/mol. The lowest BCUT2D eigenvalue weighted by Gasteiger charge is -2.19. The molecule has 0 radical (unpaired) electrons. The molecular formula is C20H19F3N8O2S. The van der Waals surface area contributed by atoms with Gasteiger partial charge in [-0.1, -0.05) is 0 Å². The van der Waals surface area contributed by atoms with E-state index < -0.39 is 27.5 Å². The minimum Gasteiger partial charge on any atom is -0.325 e. The van der Waals surface area contributed by atoms with Crippen molar-refractivity contribution in [3.63, 3.8) is 0 Å². The van der Waals surface area contributed by atoms with Gasteiger partial charge in [0.15, 0.2) is 5.82 Å². The fraction of sp³-hybridized carbons (Fsp3) is 0.350. The van der Waals surface area contributed by atoms with E-state index in [9.17, 15) is 21.6 Å². The Morgan fingerprint density at radius 2 is 1.91 bits per heavy atom. The summed E-state index contributed by atoms with van der Waals surface area (Å²) in [5.41, 5.74) is 1.02. The van der Waals surface area contributed by atoms with E-state index in [-0.39, 0.29) is 23.0 Å². The second-order valence-electron chi connectivity index (χ2n) is 8.04. The molecule has 1 atom stereocenters. The van der Waals surface area contributed by atoms with Gasteiger partial charge in [-0.05, 0) is 32.8 Å². The minimum absolute atomic E-state index is 0.223. The van der Waals surface area contributed by atoms with Crippen molar-refractivity contribution in [2.24, 2.45) is 0 Å². The van der Waals surface area contributed by atoms with Gasteiger partial charge in [0.25, 0.3) is 10.0 Å². The lowest BCUT2D eigenvalue weighted by atomic mass is 10.3. The number of imidazole rings is 1. The van der Waals surface area contributed by atoms with Gasteiger partial charge in [0.1, 0.15) is 29.0 Å². The summed E-state index contributed by atoms with van der Waals surface area (Å²) in [5, 5.41) is 6.48. The molecule has 0 amide bonds. The summed E-state index contributed by atoms with van der Waals surface area (Å²) in [5.74, 6) is 1.04. The number of nitrogens with one attached hydrogen (secondary N) is 1. The fourth-order valence-electron chi connectivity index (χ4n) is 3.60. The standard InChI is InChI=1S/C20H19F3N8O2S/c1-11(20(21,22)23)31-12(2)27-15-9-25-18(7-16(15)31)28-17-5-6-24-19(29-17)13-8-26-30(10-13)34(32,33)14-3-4-14/h5-11,14H,3-4H2,1-2H3,(H,24,25,28,29). The number of hydrogen-bond acceptors (Lipinski definition) is 8. The predicted molar refractivity (Wildman–Crippen MR) is 117 cm³/mol. The molecule has 178 valence electrons. The molecule has 4 heterocycles. The first-order valence-corrected chi connectivity index (χ1v) is 11.8. The van der Waals surface area contributed by atoms with Crippen LogP contribution in [0, 0.1) is 6.92 Å². The molecule has 0 saturated heterocycles. The average Bonchev–Trinajstić information content (AvgIpc) is 3.43.